The van der Waals surface area contributed by atoms with Gasteiger partial charge in [-0.1, -0.05) is 40.0 Å². The van der Waals surface area contributed by atoms with Crippen LogP contribution in [0, 0.1) is 4.77 Å². The van der Waals surface area contributed by atoms with E-state index in [0.717, 1.165) is 66.1 Å². The number of carbonyl (C=O) groups is 1. The highest BCUT2D eigenvalue weighted by atomic mass is 79.9. The van der Waals surface area contributed by atoms with E-state index in [2.05, 4.69) is 31.9 Å². The Labute approximate surface area is 211 Å². The van der Waals surface area contributed by atoms with Crippen LogP contribution in [0.1, 0.15) is 25.7 Å². The molecule has 33 heavy (non-hydrogen) atoms. The Kier molecular flexibility index (Phi) is 7.88. The second kappa shape index (κ2) is 10.8. The first-order chi connectivity index (χ1) is 15.9. The van der Waals surface area contributed by atoms with Crippen molar-refractivity contribution in [2.45, 2.75) is 32.2 Å². The number of hydrogen-bond donors (Lipinski definition) is 1. The minimum Gasteiger partial charge on any atom is -0.368 e. The number of aromatic amines is 1. The number of nitrogens with zero attached hydrogens (tertiary/aromatic N) is 3. The van der Waals surface area contributed by atoms with Crippen molar-refractivity contribution in [2.75, 3.05) is 31.1 Å². The molecule has 0 aliphatic carbocycles. The number of unbranched alkanes of at least 4 members (excludes halogenated alkanes) is 2. The van der Waals surface area contributed by atoms with Gasteiger partial charge in [0.15, 0.2) is 4.77 Å². The van der Waals surface area contributed by atoms with Gasteiger partial charge < -0.3 is 14.8 Å². The van der Waals surface area contributed by atoms with E-state index in [9.17, 15) is 9.59 Å². The molecule has 1 N–H and O–H groups in total. The Morgan fingerprint density at radius 3 is 2.61 bits per heavy atom. The third-order valence-electron chi connectivity index (χ3n) is 6.02. The summed E-state index contributed by atoms with van der Waals surface area (Å²) in [7, 11) is 0. The van der Waals surface area contributed by atoms with Crippen molar-refractivity contribution < 1.29 is 4.79 Å². The lowest BCUT2D eigenvalue weighted by Gasteiger charge is -2.36. The summed E-state index contributed by atoms with van der Waals surface area (Å²) in [6, 6.07) is 13.4. The van der Waals surface area contributed by atoms with Crippen molar-refractivity contribution in [3.8, 4) is 0 Å². The molecular weight excluding hydrogens is 524 g/mol. The number of carbonyl (C=O) groups excluding carboxylic acids is 1. The first-order valence-corrected chi connectivity index (χ1v) is 12.7. The SMILES string of the molecule is O=C(CCCCCn1c(=S)[nH]c2ccc(Br)cc2c1=O)N1CCN(c2cccc(Cl)c2)CC1. The fourth-order valence-electron chi connectivity index (χ4n) is 4.19. The zero-order chi connectivity index (χ0) is 23.4. The van der Waals surface area contributed by atoms with Gasteiger partial charge in [0.05, 0.1) is 10.9 Å². The van der Waals surface area contributed by atoms with Crippen LogP contribution in [-0.4, -0.2) is 46.5 Å². The number of halogens is 2. The molecule has 9 heteroatoms. The molecule has 0 unspecified atom stereocenters. The van der Waals surface area contributed by atoms with E-state index in [1.807, 2.05) is 41.3 Å². The molecule has 0 saturated carbocycles. The zero-order valence-corrected chi connectivity index (χ0v) is 21.4. The topological polar surface area (TPSA) is 61.3 Å². The number of amides is 1. The molecule has 0 bridgehead atoms. The first-order valence-electron chi connectivity index (χ1n) is 11.1. The number of hydrogen-bond acceptors (Lipinski definition) is 4. The van der Waals surface area contributed by atoms with Crippen LogP contribution >= 0.6 is 39.7 Å². The summed E-state index contributed by atoms with van der Waals surface area (Å²) in [6.45, 7) is 3.62. The van der Waals surface area contributed by atoms with Crippen LogP contribution in [0.5, 0.6) is 0 Å². The highest BCUT2D eigenvalue weighted by Gasteiger charge is 2.21. The molecule has 1 saturated heterocycles. The highest BCUT2D eigenvalue weighted by Crippen LogP contribution is 2.21. The number of H-pyrrole nitrogens is 1. The fraction of sp³-hybridized carbons (Fsp3) is 0.375. The maximum atomic E-state index is 12.8. The first kappa shape index (κ1) is 24.0. The molecule has 1 aliphatic heterocycles. The van der Waals surface area contributed by atoms with E-state index in [1.165, 1.54) is 0 Å². The van der Waals surface area contributed by atoms with Gasteiger partial charge >= 0.3 is 0 Å². The van der Waals surface area contributed by atoms with Gasteiger partial charge in [-0.3, -0.25) is 14.2 Å². The van der Waals surface area contributed by atoms with Gasteiger partial charge in [-0.2, -0.15) is 0 Å². The van der Waals surface area contributed by atoms with Crippen LogP contribution in [-0.2, 0) is 11.3 Å². The predicted octanol–water partition coefficient (Wildman–Crippen LogP) is 5.38. The van der Waals surface area contributed by atoms with Crippen LogP contribution in [0.3, 0.4) is 0 Å². The monoisotopic (exact) mass is 548 g/mol. The second-order valence-electron chi connectivity index (χ2n) is 8.24. The number of rotatable bonds is 7. The van der Waals surface area contributed by atoms with E-state index >= 15 is 0 Å². The van der Waals surface area contributed by atoms with Crippen molar-refractivity contribution in [1.29, 1.82) is 0 Å². The summed E-state index contributed by atoms with van der Waals surface area (Å²) in [4.78, 5) is 32.8. The van der Waals surface area contributed by atoms with Crippen LogP contribution < -0.4 is 10.5 Å². The van der Waals surface area contributed by atoms with E-state index in [-0.39, 0.29) is 11.5 Å². The Balaban J connectivity index is 1.23. The van der Waals surface area contributed by atoms with Gasteiger partial charge in [-0.25, -0.2) is 0 Å². The Morgan fingerprint density at radius 2 is 1.85 bits per heavy atom. The molecule has 174 valence electrons. The van der Waals surface area contributed by atoms with Gasteiger partial charge in [-0.05, 0) is 61.5 Å². The van der Waals surface area contributed by atoms with Crippen LogP contribution in [0.2, 0.25) is 5.02 Å². The minimum absolute atomic E-state index is 0.0799. The molecule has 0 atom stereocenters. The number of fused-ring (bicyclic) bond motifs is 1. The number of benzene rings is 2. The smallest absolute Gasteiger partial charge is 0.262 e. The molecule has 4 rings (SSSR count). The highest BCUT2D eigenvalue weighted by molar-refractivity contribution is 9.10. The van der Waals surface area contributed by atoms with E-state index < -0.39 is 0 Å². The van der Waals surface area contributed by atoms with Gasteiger partial charge in [0.25, 0.3) is 5.56 Å². The summed E-state index contributed by atoms with van der Waals surface area (Å²) in [5.41, 5.74) is 1.76. The number of piperazine rings is 1. The van der Waals surface area contributed by atoms with Gasteiger partial charge in [0.2, 0.25) is 5.91 Å². The molecule has 1 aliphatic rings. The summed E-state index contributed by atoms with van der Waals surface area (Å²) in [5, 5.41) is 1.34. The Hall–Kier alpha value is -2.16. The molecule has 1 aromatic heterocycles. The van der Waals surface area contributed by atoms with E-state index in [4.69, 9.17) is 23.8 Å². The maximum absolute atomic E-state index is 12.8. The van der Waals surface area contributed by atoms with Crippen molar-refractivity contribution in [2.24, 2.45) is 0 Å². The second-order valence-corrected chi connectivity index (χ2v) is 9.97. The van der Waals surface area contributed by atoms with Crippen LogP contribution in [0.4, 0.5) is 5.69 Å². The molecule has 1 amide bonds. The molecule has 0 radical (unpaired) electrons. The average molecular weight is 550 g/mol. The van der Waals surface area contributed by atoms with E-state index in [0.29, 0.717) is 23.1 Å². The molecule has 2 heterocycles. The summed E-state index contributed by atoms with van der Waals surface area (Å²) in [6.07, 6.45) is 3.00. The van der Waals surface area contributed by atoms with Crippen molar-refractivity contribution >= 4 is 62.2 Å². The van der Waals surface area contributed by atoms with E-state index in [1.54, 1.807) is 4.57 Å². The third kappa shape index (κ3) is 5.86. The quantitative estimate of drug-likeness (QED) is 0.317. The third-order valence-corrected chi connectivity index (χ3v) is 7.07. The lowest BCUT2D eigenvalue weighted by molar-refractivity contribution is -0.131. The van der Waals surface area contributed by atoms with Gasteiger partial charge in [0.1, 0.15) is 0 Å². The summed E-state index contributed by atoms with van der Waals surface area (Å²) >= 11 is 14.9. The lowest BCUT2D eigenvalue weighted by Crippen LogP contribution is -2.48. The molecule has 2 aromatic carbocycles. The largest absolute Gasteiger partial charge is 0.368 e. The summed E-state index contributed by atoms with van der Waals surface area (Å²) in [5.74, 6) is 0.200. The molecule has 3 aromatic rings. The number of aromatic nitrogens is 2. The van der Waals surface area contributed by atoms with Crippen LogP contribution in [0.15, 0.2) is 51.7 Å². The maximum Gasteiger partial charge on any atom is 0.262 e. The Morgan fingerprint density at radius 1 is 1.06 bits per heavy atom. The summed E-state index contributed by atoms with van der Waals surface area (Å²) < 4.78 is 2.90. The van der Waals surface area contributed by atoms with Crippen molar-refractivity contribution in [1.82, 2.24) is 14.5 Å². The zero-order valence-electron chi connectivity index (χ0n) is 18.2. The van der Waals surface area contributed by atoms with Crippen molar-refractivity contribution in [3.63, 3.8) is 0 Å². The average Bonchev–Trinajstić information content (AvgIpc) is 2.81. The van der Waals surface area contributed by atoms with Crippen LogP contribution in [0.25, 0.3) is 10.9 Å². The molecule has 1 fully saturated rings. The predicted molar refractivity (Wildman–Crippen MR) is 140 cm³/mol. The Bertz CT molecular complexity index is 1270. The molecular formula is C24H26BrClN4O2S. The number of anilines is 1. The number of nitrogens with one attached hydrogen (secondary N) is 1. The van der Waals surface area contributed by atoms with Gasteiger partial charge in [-0.15, -0.1) is 0 Å². The fourth-order valence-corrected chi connectivity index (χ4v) is 5.02. The normalized spacial score (nSPS) is 14.1. The lowest BCUT2D eigenvalue weighted by atomic mass is 10.1. The minimum atomic E-state index is -0.0799. The van der Waals surface area contributed by atoms with Gasteiger partial charge in [0, 0.05) is 54.3 Å². The molecule has 6 nitrogen and oxygen atoms in total. The standard InChI is InChI=1S/C24H26BrClN4O2S/c25-17-8-9-21-20(15-17)23(32)30(24(33)27-21)10-3-1-2-7-22(31)29-13-11-28(12-14-29)19-6-4-5-18(26)16-19/h4-6,8-9,15-16H,1-3,7,10-14H2,(H,27,33). The van der Waals surface area contributed by atoms with Crippen molar-refractivity contribution in [3.05, 3.63) is 67.1 Å². The molecule has 0 spiro atoms.